The van der Waals surface area contributed by atoms with Gasteiger partial charge in [0, 0.05) is 25.7 Å². The third kappa shape index (κ3) is 16.6. The van der Waals surface area contributed by atoms with Crippen molar-refractivity contribution in [1.29, 1.82) is 0 Å². The van der Waals surface area contributed by atoms with Crippen LogP contribution >= 0.6 is 0 Å². The SMILES string of the molecule is O=CCCCCCOC(=O)CCCCCOC(=O)CCCCC=O. The van der Waals surface area contributed by atoms with Crippen LogP contribution in [0.4, 0.5) is 0 Å². The molecule has 0 amide bonds. The molecule has 0 saturated heterocycles. The molecular formula is C18H30O6. The molecule has 6 heteroatoms. The van der Waals surface area contributed by atoms with E-state index in [-0.39, 0.29) is 11.9 Å². The Labute approximate surface area is 144 Å². The van der Waals surface area contributed by atoms with E-state index in [0.717, 1.165) is 57.5 Å². The van der Waals surface area contributed by atoms with E-state index >= 15 is 0 Å². The van der Waals surface area contributed by atoms with Crippen LogP contribution in [0.25, 0.3) is 0 Å². The van der Waals surface area contributed by atoms with Crippen LogP contribution in [0, 0.1) is 0 Å². The summed E-state index contributed by atoms with van der Waals surface area (Å²) in [6.07, 6.45) is 9.75. The average molecular weight is 342 g/mol. The first-order chi connectivity index (χ1) is 11.7. The topological polar surface area (TPSA) is 86.7 Å². The van der Waals surface area contributed by atoms with Crippen LogP contribution < -0.4 is 0 Å². The maximum absolute atomic E-state index is 11.5. The zero-order valence-electron chi connectivity index (χ0n) is 14.5. The van der Waals surface area contributed by atoms with Crippen LogP contribution in [0.2, 0.25) is 0 Å². The van der Waals surface area contributed by atoms with E-state index in [4.69, 9.17) is 9.47 Å². The number of esters is 2. The van der Waals surface area contributed by atoms with Crippen molar-refractivity contribution >= 4 is 24.5 Å². The summed E-state index contributed by atoms with van der Waals surface area (Å²) in [6.45, 7) is 0.789. The standard InChI is InChI=1S/C18H30O6/c19-13-7-1-2-9-15-23-18(22)12-6-4-10-16-24-17(21)11-5-3-8-14-20/h13-14H,1-12,15-16H2. The summed E-state index contributed by atoms with van der Waals surface area (Å²) < 4.78 is 10.2. The predicted octanol–water partition coefficient (Wildman–Crippen LogP) is 3.15. The Morgan fingerprint density at radius 2 is 1.00 bits per heavy atom. The summed E-state index contributed by atoms with van der Waals surface area (Å²) in [5.74, 6) is -0.424. The van der Waals surface area contributed by atoms with E-state index in [1.165, 1.54) is 0 Å². The van der Waals surface area contributed by atoms with E-state index in [1.54, 1.807) is 0 Å². The fourth-order valence-electron chi connectivity index (χ4n) is 2.07. The van der Waals surface area contributed by atoms with Crippen LogP contribution in [0.15, 0.2) is 0 Å². The summed E-state index contributed by atoms with van der Waals surface area (Å²) in [4.78, 5) is 43.1. The molecule has 0 unspecified atom stereocenters. The second-order valence-electron chi connectivity index (χ2n) is 5.68. The first-order valence-corrected chi connectivity index (χ1v) is 8.89. The molecule has 0 aliphatic carbocycles. The van der Waals surface area contributed by atoms with E-state index in [9.17, 15) is 19.2 Å². The lowest BCUT2D eigenvalue weighted by Crippen LogP contribution is -2.07. The van der Waals surface area contributed by atoms with Crippen LogP contribution in [0.5, 0.6) is 0 Å². The largest absolute Gasteiger partial charge is 0.466 e. The van der Waals surface area contributed by atoms with Crippen LogP contribution in [0.3, 0.4) is 0 Å². The molecule has 0 aliphatic heterocycles. The Morgan fingerprint density at radius 3 is 1.50 bits per heavy atom. The number of carbonyl (C=O) groups is 4. The molecule has 24 heavy (non-hydrogen) atoms. The highest BCUT2D eigenvalue weighted by Gasteiger charge is 2.04. The van der Waals surface area contributed by atoms with Crippen LogP contribution in [0.1, 0.15) is 77.0 Å². The molecule has 0 atom stereocenters. The van der Waals surface area contributed by atoms with Gasteiger partial charge in [0.2, 0.25) is 0 Å². The molecule has 0 aromatic rings. The molecule has 0 rings (SSSR count). The lowest BCUT2D eigenvalue weighted by atomic mass is 10.2. The minimum Gasteiger partial charge on any atom is -0.466 e. The molecule has 0 saturated carbocycles. The molecule has 0 radical (unpaired) electrons. The number of hydrogen-bond donors (Lipinski definition) is 0. The number of ether oxygens (including phenoxy) is 2. The fourth-order valence-corrected chi connectivity index (χ4v) is 2.07. The Kier molecular flexibility index (Phi) is 16.4. The third-order valence-electron chi connectivity index (χ3n) is 3.47. The Hall–Kier alpha value is -1.72. The monoisotopic (exact) mass is 342 g/mol. The van der Waals surface area contributed by atoms with Crippen molar-refractivity contribution in [3.8, 4) is 0 Å². The molecule has 0 heterocycles. The summed E-state index contributed by atoms with van der Waals surface area (Å²) in [5.41, 5.74) is 0. The number of carbonyl (C=O) groups excluding carboxylic acids is 4. The van der Waals surface area contributed by atoms with Gasteiger partial charge in [0.25, 0.3) is 0 Å². The van der Waals surface area contributed by atoms with Gasteiger partial charge in [-0.05, 0) is 51.4 Å². The lowest BCUT2D eigenvalue weighted by molar-refractivity contribution is -0.145. The summed E-state index contributed by atoms with van der Waals surface area (Å²) >= 11 is 0. The van der Waals surface area contributed by atoms with Crippen LogP contribution in [-0.4, -0.2) is 37.7 Å². The van der Waals surface area contributed by atoms with Gasteiger partial charge >= 0.3 is 11.9 Å². The molecule has 0 aromatic carbocycles. The molecule has 0 bridgehead atoms. The number of aldehydes is 2. The van der Waals surface area contributed by atoms with Crippen molar-refractivity contribution in [2.75, 3.05) is 13.2 Å². The second-order valence-corrected chi connectivity index (χ2v) is 5.68. The van der Waals surface area contributed by atoms with Crippen LogP contribution in [-0.2, 0) is 28.7 Å². The molecule has 0 aliphatic rings. The molecule has 138 valence electrons. The second kappa shape index (κ2) is 17.6. The number of hydrogen-bond acceptors (Lipinski definition) is 6. The zero-order valence-corrected chi connectivity index (χ0v) is 14.5. The van der Waals surface area contributed by atoms with Gasteiger partial charge in [-0.15, -0.1) is 0 Å². The van der Waals surface area contributed by atoms with Crippen molar-refractivity contribution in [3.63, 3.8) is 0 Å². The van der Waals surface area contributed by atoms with Gasteiger partial charge < -0.3 is 19.1 Å². The van der Waals surface area contributed by atoms with E-state index in [2.05, 4.69) is 0 Å². The first kappa shape index (κ1) is 22.3. The summed E-state index contributed by atoms with van der Waals surface area (Å²) in [5, 5.41) is 0. The third-order valence-corrected chi connectivity index (χ3v) is 3.47. The molecule has 0 aromatic heterocycles. The molecular weight excluding hydrogens is 312 g/mol. The quantitative estimate of drug-likeness (QED) is 0.229. The molecule has 6 nitrogen and oxygen atoms in total. The highest BCUT2D eigenvalue weighted by atomic mass is 16.5. The average Bonchev–Trinajstić information content (AvgIpc) is 2.58. The maximum Gasteiger partial charge on any atom is 0.305 e. The first-order valence-electron chi connectivity index (χ1n) is 8.89. The van der Waals surface area contributed by atoms with Gasteiger partial charge in [-0.1, -0.05) is 0 Å². The maximum atomic E-state index is 11.5. The summed E-state index contributed by atoms with van der Waals surface area (Å²) in [7, 11) is 0. The van der Waals surface area contributed by atoms with Gasteiger partial charge in [0.15, 0.2) is 0 Å². The zero-order chi connectivity index (χ0) is 17.9. The lowest BCUT2D eigenvalue weighted by Gasteiger charge is -2.05. The molecule has 0 fully saturated rings. The minimum absolute atomic E-state index is 0.197. The van der Waals surface area contributed by atoms with Crippen molar-refractivity contribution in [1.82, 2.24) is 0 Å². The van der Waals surface area contributed by atoms with Crippen molar-refractivity contribution in [3.05, 3.63) is 0 Å². The van der Waals surface area contributed by atoms with Gasteiger partial charge in [0.05, 0.1) is 13.2 Å². The predicted molar refractivity (Wildman–Crippen MR) is 89.5 cm³/mol. The van der Waals surface area contributed by atoms with E-state index in [0.29, 0.717) is 45.3 Å². The van der Waals surface area contributed by atoms with Crippen molar-refractivity contribution in [2.45, 2.75) is 77.0 Å². The fraction of sp³-hybridized carbons (Fsp3) is 0.778. The Morgan fingerprint density at radius 1 is 0.583 bits per heavy atom. The smallest absolute Gasteiger partial charge is 0.305 e. The van der Waals surface area contributed by atoms with E-state index in [1.807, 2.05) is 0 Å². The summed E-state index contributed by atoms with van der Waals surface area (Å²) in [6, 6.07) is 0. The Bertz CT molecular complexity index is 353. The molecule has 0 spiro atoms. The Balaban J connectivity index is 3.30. The van der Waals surface area contributed by atoms with Crippen molar-refractivity contribution in [2.24, 2.45) is 0 Å². The number of unbranched alkanes of at least 4 members (excludes halogenated alkanes) is 7. The molecule has 0 N–H and O–H groups in total. The van der Waals surface area contributed by atoms with Gasteiger partial charge in [-0.2, -0.15) is 0 Å². The normalized spacial score (nSPS) is 10.2. The minimum atomic E-state index is -0.227. The highest BCUT2D eigenvalue weighted by Crippen LogP contribution is 2.05. The van der Waals surface area contributed by atoms with Gasteiger partial charge in [0.1, 0.15) is 12.6 Å². The van der Waals surface area contributed by atoms with Gasteiger partial charge in [-0.25, -0.2) is 0 Å². The van der Waals surface area contributed by atoms with Gasteiger partial charge in [-0.3, -0.25) is 9.59 Å². The van der Waals surface area contributed by atoms with E-state index < -0.39 is 0 Å². The number of rotatable bonds is 17. The highest BCUT2D eigenvalue weighted by molar-refractivity contribution is 5.69. The van der Waals surface area contributed by atoms with Crippen molar-refractivity contribution < 1.29 is 28.7 Å².